The first-order valence-electron chi connectivity index (χ1n) is 7.39. The molecule has 22 heavy (non-hydrogen) atoms. The molecule has 0 bridgehead atoms. The van der Waals surface area contributed by atoms with Crippen molar-refractivity contribution >= 4 is 12.0 Å². The normalized spacial score (nSPS) is 26.6. The minimum absolute atomic E-state index is 0.120. The minimum atomic E-state index is -1.54. The second-order valence-corrected chi connectivity index (χ2v) is 7.93. The number of alkyl halides is 1. The third kappa shape index (κ3) is 5.12. The van der Waals surface area contributed by atoms with E-state index in [2.05, 4.69) is 10.6 Å². The van der Waals surface area contributed by atoms with Crippen LogP contribution in [0.1, 0.15) is 54.4 Å². The Bertz CT molecular complexity index is 434. The summed E-state index contributed by atoms with van der Waals surface area (Å²) >= 11 is 0. The number of hydrogen-bond acceptors (Lipinski definition) is 4. The zero-order valence-electron chi connectivity index (χ0n) is 14.1. The Morgan fingerprint density at radius 3 is 2.09 bits per heavy atom. The Kier molecular flexibility index (Phi) is 5.11. The molecule has 0 aliphatic heterocycles. The molecule has 2 amide bonds. The van der Waals surface area contributed by atoms with Crippen LogP contribution in [0.2, 0.25) is 0 Å². The van der Waals surface area contributed by atoms with Crippen LogP contribution in [0.15, 0.2) is 0 Å². The predicted molar refractivity (Wildman–Crippen MR) is 80.1 cm³/mol. The molecular formula is C15H27FN2O4. The fourth-order valence-corrected chi connectivity index (χ4v) is 2.32. The number of aliphatic hydroxyl groups is 1. The molecule has 0 aromatic heterocycles. The van der Waals surface area contributed by atoms with E-state index in [-0.39, 0.29) is 12.8 Å². The Morgan fingerprint density at radius 2 is 1.73 bits per heavy atom. The van der Waals surface area contributed by atoms with E-state index in [1.165, 1.54) is 0 Å². The number of rotatable bonds is 3. The summed E-state index contributed by atoms with van der Waals surface area (Å²) in [6, 6.07) is 0. The monoisotopic (exact) mass is 318 g/mol. The van der Waals surface area contributed by atoms with Crippen molar-refractivity contribution in [3.05, 3.63) is 0 Å². The molecule has 0 spiro atoms. The maximum atomic E-state index is 13.3. The summed E-state index contributed by atoms with van der Waals surface area (Å²) in [5, 5.41) is 15.4. The van der Waals surface area contributed by atoms with Crippen molar-refractivity contribution < 1.29 is 23.8 Å². The van der Waals surface area contributed by atoms with E-state index in [9.17, 15) is 19.1 Å². The highest BCUT2D eigenvalue weighted by Gasteiger charge is 2.54. The van der Waals surface area contributed by atoms with Gasteiger partial charge in [0.2, 0.25) is 0 Å². The van der Waals surface area contributed by atoms with Crippen LogP contribution in [-0.4, -0.2) is 46.1 Å². The molecule has 1 aliphatic rings. The molecule has 0 heterocycles. The first-order valence-corrected chi connectivity index (χ1v) is 7.39. The molecule has 1 rings (SSSR count). The van der Waals surface area contributed by atoms with Gasteiger partial charge in [0.15, 0.2) is 6.10 Å². The number of carbonyl (C=O) groups is 2. The van der Waals surface area contributed by atoms with Crippen molar-refractivity contribution in [1.29, 1.82) is 0 Å². The largest absolute Gasteiger partial charge is 0.444 e. The molecule has 3 N–H and O–H groups in total. The van der Waals surface area contributed by atoms with Crippen LogP contribution < -0.4 is 10.6 Å². The van der Waals surface area contributed by atoms with Gasteiger partial charge < -0.3 is 20.5 Å². The van der Waals surface area contributed by atoms with Crippen LogP contribution >= 0.6 is 0 Å². The van der Waals surface area contributed by atoms with Gasteiger partial charge in [-0.15, -0.1) is 0 Å². The fraction of sp³-hybridized carbons (Fsp3) is 0.867. The number of carbonyl (C=O) groups excluding carboxylic acids is 2. The quantitative estimate of drug-likeness (QED) is 0.738. The van der Waals surface area contributed by atoms with Crippen LogP contribution in [0.4, 0.5) is 9.18 Å². The van der Waals surface area contributed by atoms with Gasteiger partial charge in [0.25, 0.3) is 5.91 Å². The van der Waals surface area contributed by atoms with E-state index in [0.29, 0.717) is 0 Å². The molecule has 7 heteroatoms. The summed E-state index contributed by atoms with van der Waals surface area (Å²) in [5.41, 5.74) is -2.58. The van der Waals surface area contributed by atoms with Crippen LogP contribution in [0.5, 0.6) is 0 Å². The third-order valence-electron chi connectivity index (χ3n) is 3.19. The lowest BCUT2D eigenvalue weighted by atomic mass is 9.71. The van der Waals surface area contributed by atoms with E-state index in [1.807, 2.05) is 0 Å². The number of halogens is 1. The van der Waals surface area contributed by atoms with Crippen molar-refractivity contribution in [3.63, 3.8) is 0 Å². The maximum absolute atomic E-state index is 13.3. The van der Waals surface area contributed by atoms with Crippen LogP contribution in [0, 0.1) is 0 Å². The molecule has 1 unspecified atom stereocenters. The van der Waals surface area contributed by atoms with Gasteiger partial charge in [0.05, 0.1) is 5.54 Å². The number of nitrogens with one attached hydrogen (secondary N) is 2. The summed E-state index contributed by atoms with van der Waals surface area (Å²) in [6.45, 7) is 10.4. The minimum Gasteiger partial charge on any atom is -0.444 e. The van der Waals surface area contributed by atoms with E-state index in [1.54, 1.807) is 41.5 Å². The Hall–Kier alpha value is -1.37. The summed E-state index contributed by atoms with van der Waals surface area (Å²) < 4.78 is 18.4. The molecule has 6 nitrogen and oxygen atoms in total. The van der Waals surface area contributed by atoms with Gasteiger partial charge in [-0.1, -0.05) is 0 Å². The number of amides is 2. The summed E-state index contributed by atoms with van der Waals surface area (Å²) in [4.78, 5) is 24.0. The van der Waals surface area contributed by atoms with Crippen LogP contribution in [0.3, 0.4) is 0 Å². The number of aliphatic hydroxyl groups excluding tert-OH is 1. The molecule has 0 radical (unpaired) electrons. The van der Waals surface area contributed by atoms with E-state index >= 15 is 0 Å². The van der Waals surface area contributed by atoms with Gasteiger partial charge in [-0.3, -0.25) is 4.79 Å². The molecule has 1 aliphatic carbocycles. The van der Waals surface area contributed by atoms with Crippen molar-refractivity contribution in [2.24, 2.45) is 0 Å². The zero-order valence-corrected chi connectivity index (χ0v) is 14.1. The first-order chi connectivity index (χ1) is 9.74. The van der Waals surface area contributed by atoms with Gasteiger partial charge in [-0.05, 0) is 41.5 Å². The van der Waals surface area contributed by atoms with Gasteiger partial charge in [0, 0.05) is 18.4 Å². The lowest BCUT2D eigenvalue weighted by Crippen LogP contribution is -2.69. The second kappa shape index (κ2) is 6.02. The van der Waals surface area contributed by atoms with E-state index in [4.69, 9.17) is 4.74 Å². The molecule has 128 valence electrons. The van der Waals surface area contributed by atoms with E-state index < -0.39 is 41.0 Å². The van der Waals surface area contributed by atoms with Crippen molar-refractivity contribution in [2.45, 2.75) is 83.3 Å². The predicted octanol–water partition coefficient (Wildman–Crippen LogP) is 1.66. The summed E-state index contributed by atoms with van der Waals surface area (Å²) in [7, 11) is 0. The standard InChI is InChI=1S/C15H27FN2O4/c1-13(2,3)17-11(20)10(19)15(7-9(16)8-15)18-12(21)22-14(4,5)6/h9-10,19H,7-8H2,1-6H3,(H,17,20)(H,18,21)/t9-,10?,15-. The SMILES string of the molecule is CC(C)(C)NC(=O)C(O)[C@]1(NC(=O)OC(C)(C)C)C[C@H](F)C1. The van der Waals surface area contributed by atoms with Gasteiger partial charge in [-0.2, -0.15) is 0 Å². The highest BCUT2D eigenvalue weighted by molar-refractivity contribution is 5.84. The smallest absolute Gasteiger partial charge is 0.408 e. The molecule has 0 aromatic rings. The third-order valence-corrected chi connectivity index (χ3v) is 3.19. The lowest BCUT2D eigenvalue weighted by molar-refractivity contribution is -0.140. The summed E-state index contributed by atoms with van der Waals surface area (Å²) in [5.74, 6) is -0.643. The Balaban J connectivity index is 2.79. The van der Waals surface area contributed by atoms with Crippen LogP contribution in [0.25, 0.3) is 0 Å². The van der Waals surface area contributed by atoms with Crippen LogP contribution in [-0.2, 0) is 9.53 Å². The van der Waals surface area contributed by atoms with Crippen molar-refractivity contribution in [2.75, 3.05) is 0 Å². The fourth-order valence-electron chi connectivity index (χ4n) is 2.32. The Morgan fingerprint density at radius 1 is 1.23 bits per heavy atom. The van der Waals surface area contributed by atoms with Gasteiger partial charge in [-0.25, -0.2) is 9.18 Å². The lowest BCUT2D eigenvalue weighted by Gasteiger charge is -2.47. The van der Waals surface area contributed by atoms with Crippen molar-refractivity contribution in [3.8, 4) is 0 Å². The van der Waals surface area contributed by atoms with Gasteiger partial charge in [0.1, 0.15) is 11.8 Å². The summed E-state index contributed by atoms with van der Waals surface area (Å²) in [6.07, 6.45) is -3.71. The average Bonchev–Trinajstić information content (AvgIpc) is 2.20. The number of alkyl carbamates (subject to hydrolysis) is 1. The maximum Gasteiger partial charge on any atom is 0.408 e. The number of hydrogen-bond donors (Lipinski definition) is 3. The van der Waals surface area contributed by atoms with Crippen molar-refractivity contribution in [1.82, 2.24) is 10.6 Å². The highest BCUT2D eigenvalue weighted by atomic mass is 19.1. The molecule has 0 saturated heterocycles. The highest BCUT2D eigenvalue weighted by Crippen LogP contribution is 2.38. The second-order valence-electron chi connectivity index (χ2n) is 7.93. The van der Waals surface area contributed by atoms with Gasteiger partial charge >= 0.3 is 6.09 Å². The molecule has 1 atom stereocenters. The molecule has 0 aromatic carbocycles. The molecule has 1 fully saturated rings. The zero-order chi connectivity index (χ0) is 17.3. The average molecular weight is 318 g/mol. The topological polar surface area (TPSA) is 87.7 Å². The molecule has 1 saturated carbocycles. The molecular weight excluding hydrogens is 291 g/mol. The number of ether oxygens (including phenoxy) is 1. The Labute approximate surface area is 130 Å². The van der Waals surface area contributed by atoms with E-state index in [0.717, 1.165) is 0 Å². The first kappa shape index (κ1) is 18.7.